The first kappa shape index (κ1) is 29.8. The van der Waals surface area contributed by atoms with Gasteiger partial charge in [-0.2, -0.15) is 30.3 Å². The predicted molar refractivity (Wildman–Crippen MR) is 180 cm³/mol. The standard InChI is InChI=1S/C21H15N2.C19H14N2.Ir/c1-4-10-17(11-5-1)20-16-21(18-12-6-2-7-13-18)23(22-20)19-14-8-3-9-15-19;1-3-9-16(10-4-1)20-15-21(17-11-5-2-6-12-17)19-14-8-7-13-18(19)20;/h1-10,12-16H;1-11,13-15H;/q-1;-2;+3. The van der Waals surface area contributed by atoms with Crippen molar-refractivity contribution in [3.63, 3.8) is 0 Å². The van der Waals surface area contributed by atoms with Crippen LogP contribution < -0.4 is 9.80 Å². The number of rotatable bonds is 5. The number of benzene rings is 6. The molecule has 8 rings (SSSR count). The van der Waals surface area contributed by atoms with Crippen LogP contribution in [0.1, 0.15) is 0 Å². The second-order valence-corrected chi connectivity index (χ2v) is 10.2. The molecule has 0 aliphatic carbocycles. The number of hydrogen-bond donors (Lipinski definition) is 0. The van der Waals surface area contributed by atoms with Gasteiger partial charge in [0.1, 0.15) is 0 Å². The van der Waals surface area contributed by atoms with Crippen molar-refractivity contribution < 1.29 is 20.1 Å². The number of aromatic nitrogens is 2. The molecule has 0 saturated carbocycles. The monoisotopic (exact) mass is 758 g/mol. The summed E-state index contributed by atoms with van der Waals surface area (Å²) >= 11 is 0. The van der Waals surface area contributed by atoms with Crippen LogP contribution in [0, 0.1) is 18.8 Å². The zero-order valence-corrected chi connectivity index (χ0v) is 26.8. The molecular weight excluding hydrogens is 729 g/mol. The SMILES string of the molecule is [Ir+3].[c-]1ccccc1-c1cc(-c2ccccc2)n(-c2ccccc2)n1.[c-]1ccccc1N1[CH-]N(c2ccccc2)c2ccccc21. The zero-order valence-electron chi connectivity index (χ0n) is 24.4. The molecule has 4 nitrogen and oxygen atoms in total. The number of fused-ring (bicyclic) bond motifs is 1. The summed E-state index contributed by atoms with van der Waals surface area (Å²) in [6, 6.07) is 64.0. The van der Waals surface area contributed by atoms with E-state index in [9.17, 15) is 0 Å². The van der Waals surface area contributed by atoms with Crippen molar-refractivity contribution in [2.75, 3.05) is 9.80 Å². The molecular formula is C40H29IrN4. The molecule has 0 fully saturated rings. The summed E-state index contributed by atoms with van der Waals surface area (Å²) in [5.74, 6) is 0. The van der Waals surface area contributed by atoms with E-state index in [4.69, 9.17) is 5.10 Å². The number of nitrogens with zero attached hydrogens (tertiary/aromatic N) is 4. The molecule has 0 radical (unpaired) electrons. The van der Waals surface area contributed by atoms with E-state index in [1.54, 1.807) is 0 Å². The molecule has 5 heteroatoms. The number of anilines is 4. The summed E-state index contributed by atoms with van der Waals surface area (Å²) in [6.45, 7) is 2.12. The Morgan fingerprint density at radius 2 is 1.07 bits per heavy atom. The number of para-hydroxylation sites is 5. The molecule has 0 N–H and O–H groups in total. The topological polar surface area (TPSA) is 24.3 Å². The molecule has 0 spiro atoms. The zero-order chi connectivity index (χ0) is 29.6. The third-order valence-electron chi connectivity index (χ3n) is 7.38. The van der Waals surface area contributed by atoms with E-state index in [0.29, 0.717) is 0 Å². The Morgan fingerprint density at radius 1 is 0.511 bits per heavy atom. The minimum absolute atomic E-state index is 0. The minimum atomic E-state index is 0. The van der Waals surface area contributed by atoms with Crippen LogP contribution in [0.25, 0.3) is 28.2 Å². The molecule has 7 aromatic rings. The third kappa shape index (κ3) is 6.51. The van der Waals surface area contributed by atoms with E-state index >= 15 is 0 Å². The van der Waals surface area contributed by atoms with Crippen LogP contribution in [-0.4, -0.2) is 9.78 Å². The van der Waals surface area contributed by atoms with Gasteiger partial charge in [-0.3, -0.25) is 0 Å². The van der Waals surface area contributed by atoms with Crippen LogP contribution in [-0.2, 0) is 20.1 Å². The van der Waals surface area contributed by atoms with Crippen molar-refractivity contribution in [2.45, 2.75) is 0 Å². The molecule has 0 saturated heterocycles. The van der Waals surface area contributed by atoms with Gasteiger partial charge in [-0.05, 0) is 42.0 Å². The first-order valence-electron chi connectivity index (χ1n) is 14.6. The Balaban J connectivity index is 0.000000156. The number of hydrogen-bond acceptors (Lipinski definition) is 3. The van der Waals surface area contributed by atoms with Crippen molar-refractivity contribution in [1.82, 2.24) is 9.78 Å². The van der Waals surface area contributed by atoms with Gasteiger partial charge < -0.3 is 9.80 Å². The van der Waals surface area contributed by atoms with E-state index in [2.05, 4.69) is 114 Å². The van der Waals surface area contributed by atoms with Gasteiger partial charge in [0.2, 0.25) is 0 Å². The normalized spacial score (nSPS) is 11.6. The fourth-order valence-corrected chi connectivity index (χ4v) is 5.28. The fourth-order valence-electron chi connectivity index (χ4n) is 5.28. The van der Waals surface area contributed by atoms with E-state index in [-0.39, 0.29) is 20.1 Å². The van der Waals surface area contributed by atoms with Crippen molar-refractivity contribution in [1.29, 1.82) is 0 Å². The summed E-state index contributed by atoms with van der Waals surface area (Å²) in [5.41, 5.74) is 9.74. The van der Waals surface area contributed by atoms with Crippen LogP contribution in [0.2, 0.25) is 0 Å². The molecule has 0 bridgehead atoms. The molecule has 0 atom stereocenters. The van der Waals surface area contributed by atoms with E-state index < -0.39 is 0 Å². The average Bonchev–Trinajstić information content (AvgIpc) is 3.74. The van der Waals surface area contributed by atoms with Gasteiger partial charge in [0.05, 0.1) is 11.4 Å². The summed E-state index contributed by atoms with van der Waals surface area (Å²) in [5, 5.41) is 4.81. The maximum Gasteiger partial charge on any atom is 3.00 e. The van der Waals surface area contributed by atoms with Crippen molar-refractivity contribution in [3.8, 4) is 28.2 Å². The largest absolute Gasteiger partial charge is 3.00 e. The summed E-state index contributed by atoms with van der Waals surface area (Å²) in [6.07, 6.45) is 0. The van der Waals surface area contributed by atoms with Crippen LogP contribution in [0.5, 0.6) is 0 Å². The Labute approximate surface area is 278 Å². The van der Waals surface area contributed by atoms with E-state index in [1.165, 1.54) is 11.4 Å². The molecule has 0 unspecified atom stereocenters. The Bertz CT molecular complexity index is 1810. The van der Waals surface area contributed by atoms with Crippen LogP contribution in [0.15, 0.2) is 170 Å². The van der Waals surface area contributed by atoms with Gasteiger partial charge in [0.25, 0.3) is 0 Å². The molecule has 45 heavy (non-hydrogen) atoms. The smallest absolute Gasteiger partial charge is 0.493 e. The molecule has 1 aliphatic rings. The molecule has 2 heterocycles. The van der Waals surface area contributed by atoms with E-state index in [0.717, 1.165) is 39.6 Å². The average molecular weight is 758 g/mol. The van der Waals surface area contributed by atoms with Gasteiger partial charge in [-0.1, -0.05) is 84.9 Å². The van der Waals surface area contributed by atoms with E-state index in [1.807, 2.05) is 89.6 Å². The molecule has 1 aliphatic heterocycles. The Kier molecular flexibility index (Phi) is 9.31. The summed E-state index contributed by atoms with van der Waals surface area (Å²) < 4.78 is 1.99. The van der Waals surface area contributed by atoms with Gasteiger partial charge in [-0.15, -0.1) is 48.3 Å². The third-order valence-corrected chi connectivity index (χ3v) is 7.38. The molecule has 6 aromatic carbocycles. The van der Waals surface area contributed by atoms with Crippen LogP contribution in [0.3, 0.4) is 0 Å². The van der Waals surface area contributed by atoms with Crippen molar-refractivity contribution in [2.24, 2.45) is 0 Å². The predicted octanol–water partition coefficient (Wildman–Crippen LogP) is 9.90. The minimum Gasteiger partial charge on any atom is -0.493 e. The maximum absolute atomic E-state index is 4.81. The Hall–Kier alpha value is -5.22. The van der Waals surface area contributed by atoms with Crippen molar-refractivity contribution in [3.05, 3.63) is 189 Å². The molecule has 0 amide bonds. The van der Waals surface area contributed by atoms with Gasteiger partial charge >= 0.3 is 20.1 Å². The maximum atomic E-state index is 4.81. The van der Waals surface area contributed by atoms with Gasteiger partial charge in [0.15, 0.2) is 0 Å². The van der Waals surface area contributed by atoms with Gasteiger partial charge in [-0.25, -0.2) is 9.78 Å². The van der Waals surface area contributed by atoms with Crippen LogP contribution >= 0.6 is 0 Å². The summed E-state index contributed by atoms with van der Waals surface area (Å²) in [4.78, 5) is 4.37. The van der Waals surface area contributed by atoms with Crippen LogP contribution in [0.4, 0.5) is 22.7 Å². The first-order valence-corrected chi connectivity index (χ1v) is 14.6. The fraction of sp³-hybridized carbons (Fsp3) is 0. The first-order chi connectivity index (χ1) is 21.8. The molecule has 218 valence electrons. The second-order valence-electron chi connectivity index (χ2n) is 10.2. The van der Waals surface area contributed by atoms with Crippen molar-refractivity contribution >= 4 is 22.7 Å². The van der Waals surface area contributed by atoms with Gasteiger partial charge in [0, 0.05) is 22.8 Å². The second kappa shape index (κ2) is 14.0. The summed E-state index contributed by atoms with van der Waals surface area (Å²) in [7, 11) is 0. The molecule has 1 aromatic heterocycles. The quantitative estimate of drug-likeness (QED) is 0.164. The Morgan fingerprint density at radius 3 is 1.69 bits per heavy atom.